The molecular formula is C16H19NO11. The van der Waals surface area contributed by atoms with Crippen molar-refractivity contribution in [2.45, 2.75) is 44.2 Å². The van der Waals surface area contributed by atoms with Gasteiger partial charge in [-0.2, -0.15) is 0 Å². The van der Waals surface area contributed by atoms with E-state index in [0.717, 1.165) is 0 Å². The van der Waals surface area contributed by atoms with Gasteiger partial charge in [0.05, 0.1) is 5.69 Å². The number of nitrogens with one attached hydrogen (secondary N) is 1. The Morgan fingerprint density at radius 3 is 2.36 bits per heavy atom. The molecular weight excluding hydrogens is 382 g/mol. The summed E-state index contributed by atoms with van der Waals surface area (Å²) in [4.78, 5) is 33.1. The molecule has 1 saturated heterocycles. The molecule has 1 amide bonds. The molecule has 12 nitrogen and oxygen atoms in total. The predicted molar refractivity (Wildman–Crippen MR) is 88.5 cm³/mol. The second-order valence-corrected chi connectivity index (χ2v) is 5.92. The molecule has 0 aliphatic carbocycles. The van der Waals surface area contributed by atoms with E-state index in [9.17, 15) is 29.7 Å². The van der Waals surface area contributed by atoms with Crippen LogP contribution in [0, 0.1) is 0 Å². The fraction of sp³-hybridized carbons (Fsp3) is 0.438. The van der Waals surface area contributed by atoms with Crippen LogP contribution < -0.4 is 10.1 Å². The topological polar surface area (TPSA) is 192 Å². The molecule has 1 aliphatic rings. The van der Waals surface area contributed by atoms with E-state index >= 15 is 0 Å². The summed E-state index contributed by atoms with van der Waals surface area (Å²) >= 11 is 0. The smallest absolute Gasteiger partial charge is 0.479 e. The van der Waals surface area contributed by atoms with Gasteiger partial charge in [0.15, 0.2) is 6.10 Å². The van der Waals surface area contributed by atoms with E-state index in [0.29, 0.717) is 5.56 Å². The van der Waals surface area contributed by atoms with Crippen LogP contribution >= 0.6 is 0 Å². The molecule has 0 spiro atoms. The number of anilines is 1. The first-order chi connectivity index (χ1) is 13.1. The number of hydrogen-bond acceptors (Lipinski definition) is 9. The van der Waals surface area contributed by atoms with E-state index in [1.54, 1.807) is 0 Å². The van der Waals surface area contributed by atoms with Gasteiger partial charge in [-0.1, -0.05) is 6.07 Å². The third-order valence-electron chi connectivity index (χ3n) is 3.77. The summed E-state index contributed by atoms with van der Waals surface area (Å²) in [6, 6.07) is 4.04. The number of rotatable bonds is 6. The van der Waals surface area contributed by atoms with Crippen molar-refractivity contribution >= 4 is 23.7 Å². The van der Waals surface area contributed by atoms with Gasteiger partial charge in [-0.3, -0.25) is 4.79 Å². The lowest BCUT2D eigenvalue weighted by molar-refractivity contribution is -0.271. The zero-order valence-corrected chi connectivity index (χ0v) is 14.5. The van der Waals surface area contributed by atoms with Crippen LogP contribution in [-0.2, 0) is 25.7 Å². The summed E-state index contributed by atoms with van der Waals surface area (Å²) in [6.07, 6.45) is -10.5. The number of benzene rings is 1. The molecule has 0 saturated carbocycles. The van der Waals surface area contributed by atoms with Gasteiger partial charge in [0, 0.05) is 6.92 Å². The van der Waals surface area contributed by atoms with Gasteiger partial charge in [-0.25, -0.2) is 9.59 Å². The highest BCUT2D eigenvalue weighted by Gasteiger charge is 2.48. The number of carboxylic acid groups (broad SMARTS) is 2. The van der Waals surface area contributed by atoms with E-state index in [1.165, 1.54) is 25.1 Å². The Labute approximate surface area is 157 Å². The average Bonchev–Trinajstić information content (AvgIpc) is 2.61. The molecule has 1 aromatic rings. The van der Waals surface area contributed by atoms with Crippen molar-refractivity contribution in [1.29, 1.82) is 0 Å². The Morgan fingerprint density at radius 1 is 1.11 bits per heavy atom. The number of carbonyl (C=O) groups excluding carboxylic acids is 1. The van der Waals surface area contributed by atoms with Gasteiger partial charge in [-0.15, -0.1) is 0 Å². The largest absolute Gasteiger partial charge is 0.506 e. The summed E-state index contributed by atoms with van der Waals surface area (Å²) in [7, 11) is 0. The highest BCUT2D eigenvalue weighted by Crippen LogP contribution is 2.31. The van der Waals surface area contributed by atoms with E-state index in [4.69, 9.17) is 19.7 Å². The van der Waals surface area contributed by atoms with Crippen LogP contribution in [0.5, 0.6) is 5.75 Å². The predicted octanol–water partition coefficient (Wildman–Crippen LogP) is -0.889. The standard InChI is InChI=1S/C16H19NO11/c1-6(18)17-8-4-7(5-26-16(24)25)2-3-9(8)27-15-12(21)10(19)11(20)13(28-15)14(22)23/h2-4,10-13,15,19-21H,5H2,1H3,(H,17,18)(H,22,23)(H,24,25)/t10?,11-,12+,13?,15?/m0/s1. The molecule has 1 fully saturated rings. The summed E-state index contributed by atoms with van der Waals surface area (Å²) in [5.74, 6) is -2.13. The second kappa shape index (κ2) is 8.84. The summed E-state index contributed by atoms with van der Waals surface area (Å²) in [5, 5.41) is 49.6. The molecule has 28 heavy (non-hydrogen) atoms. The third kappa shape index (κ3) is 5.07. The van der Waals surface area contributed by atoms with Crippen molar-refractivity contribution in [1.82, 2.24) is 0 Å². The lowest BCUT2D eigenvalue weighted by Gasteiger charge is -2.38. The minimum atomic E-state index is -1.88. The zero-order chi connectivity index (χ0) is 21.0. The van der Waals surface area contributed by atoms with Crippen LogP contribution in [0.15, 0.2) is 18.2 Å². The van der Waals surface area contributed by atoms with Gasteiger partial charge in [0.25, 0.3) is 0 Å². The van der Waals surface area contributed by atoms with Crippen LogP contribution in [0.25, 0.3) is 0 Å². The fourth-order valence-corrected chi connectivity index (χ4v) is 2.48. The molecule has 1 heterocycles. The first-order valence-electron chi connectivity index (χ1n) is 7.95. The first-order valence-corrected chi connectivity index (χ1v) is 7.95. The SMILES string of the molecule is CC(=O)Nc1cc(COC(=O)O)ccc1OC1OC(C(=O)O)[C@@H](O)C(O)[C@H]1O. The maximum Gasteiger partial charge on any atom is 0.506 e. The molecule has 0 radical (unpaired) electrons. The monoisotopic (exact) mass is 401 g/mol. The van der Waals surface area contributed by atoms with Gasteiger partial charge in [-0.05, 0) is 17.7 Å². The maximum absolute atomic E-state index is 11.4. The maximum atomic E-state index is 11.4. The molecule has 1 aromatic carbocycles. The van der Waals surface area contributed by atoms with Crippen LogP contribution in [-0.4, -0.2) is 74.3 Å². The molecule has 12 heteroatoms. The molecule has 3 unspecified atom stereocenters. The highest BCUT2D eigenvalue weighted by atomic mass is 16.7. The molecule has 0 bridgehead atoms. The summed E-state index contributed by atoms with van der Waals surface area (Å²) in [5.41, 5.74) is 0.421. The van der Waals surface area contributed by atoms with E-state index in [-0.39, 0.29) is 18.0 Å². The van der Waals surface area contributed by atoms with E-state index < -0.39 is 48.7 Å². The zero-order valence-electron chi connectivity index (χ0n) is 14.5. The van der Waals surface area contributed by atoms with Crippen molar-refractivity contribution in [3.63, 3.8) is 0 Å². The summed E-state index contributed by atoms with van der Waals surface area (Å²) < 4.78 is 14.9. The van der Waals surface area contributed by atoms with Gasteiger partial charge in [0.1, 0.15) is 30.7 Å². The van der Waals surface area contributed by atoms with Crippen LogP contribution in [0.3, 0.4) is 0 Å². The lowest BCUT2D eigenvalue weighted by Crippen LogP contribution is -2.61. The normalized spacial score (nSPS) is 26.9. The van der Waals surface area contributed by atoms with Crippen molar-refractivity contribution in [3.8, 4) is 5.75 Å². The number of carbonyl (C=O) groups is 3. The van der Waals surface area contributed by atoms with Crippen molar-refractivity contribution in [2.24, 2.45) is 0 Å². The molecule has 154 valence electrons. The third-order valence-corrected chi connectivity index (χ3v) is 3.77. The average molecular weight is 401 g/mol. The fourth-order valence-electron chi connectivity index (χ4n) is 2.48. The molecule has 5 atom stereocenters. The first kappa shape index (κ1) is 21.4. The highest BCUT2D eigenvalue weighted by molar-refractivity contribution is 5.90. The Kier molecular flexibility index (Phi) is 6.75. The second-order valence-electron chi connectivity index (χ2n) is 5.92. The van der Waals surface area contributed by atoms with Crippen molar-refractivity contribution in [3.05, 3.63) is 23.8 Å². The quantitative estimate of drug-likeness (QED) is 0.324. The number of hydrogen-bond donors (Lipinski definition) is 6. The lowest BCUT2D eigenvalue weighted by atomic mass is 9.99. The summed E-state index contributed by atoms with van der Waals surface area (Å²) in [6.45, 7) is 0.896. The Morgan fingerprint density at radius 2 is 1.79 bits per heavy atom. The van der Waals surface area contributed by atoms with Gasteiger partial charge < -0.3 is 45.1 Å². The van der Waals surface area contributed by atoms with Gasteiger partial charge in [0.2, 0.25) is 12.2 Å². The number of ether oxygens (including phenoxy) is 3. The molecule has 2 rings (SSSR count). The van der Waals surface area contributed by atoms with Gasteiger partial charge >= 0.3 is 12.1 Å². The number of amides is 1. The minimum absolute atomic E-state index is 0.0577. The molecule has 6 N–H and O–H groups in total. The molecule has 1 aliphatic heterocycles. The van der Waals surface area contributed by atoms with Crippen LogP contribution in [0.2, 0.25) is 0 Å². The van der Waals surface area contributed by atoms with Crippen molar-refractivity contribution in [2.75, 3.05) is 5.32 Å². The van der Waals surface area contributed by atoms with E-state index in [1.807, 2.05) is 0 Å². The van der Waals surface area contributed by atoms with E-state index in [2.05, 4.69) is 10.1 Å². The van der Waals surface area contributed by atoms with Crippen molar-refractivity contribution < 1.29 is 54.1 Å². The number of carboxylic acids is 1. The number of aliphatic hydroxyl groups excluding tert-OH is 3. The molecule has 0 aromatic heterocycles. The number of aliphatic hydroxyl groups is 3. The van der Waals surface area contributed by atoms with Crippen LogP contribution in [0.4, 0.5) is 10.5 Å². The number of aliphatic carboxylic acids is 1. The Hall–Kier alpha value is -2.93. The Bertz CT molecular complexity index is 752. The minimum Gasteiger partial charge on any atom is -0.479 e. The van der Waals surface area contributed by atoms with Crippen LogP contribution in [0.1, 0.15) is 12.5 Å². The Balaban J connectivity index is 2.26.